The van der Waals surface area contributed by atoms with Gasteiger partial charge in [0, 0.05) is 25.4 Å². The molecule has 0 radical (unpaired) electrons. The lowest BCUT2D eigenvalue weighted by molar-refractivity contribution is -0.120. The maximum Gasteiger partial charge on any atom is 0.241 e. The number of nitrogens with zero attached hydrogens (tertiary/aromatic N) is 2. The largest absolute Gasteiger partial charge is 0.396 e. The number of fused-ring (bicyclic) bond motifs is 1. The van der Waals surface area contributed by atoms with Crippen LogP contribution >= 0.6 is 0 Å². The third kappa shape index (κ3) is 2.72. The summed E-state index contributed by atoms with van der Waals surface area (Å²) in [4.78, 5) is 16.6. The van der Waals surface area contributed by atoms with Crippen LogP contribution < -0.4 is 4.90 Å². The highest BCUT2D eigenvalue weighted by molar-refractivity contribution is 5.96. The van der Waals surface area contributed by atoms with Crippen LogP contribution in [0.2, 0.25) is 0 Å². The molecule has 1 saturated heterocycles. The van der Waals surface area contributed by atoms with Crippen LogP contribution in [0.1, 0.15) is 18.4 Å². The molecule has 1 aromatic carbocycles. The number of hydrogen-bond acceptors (Lipinski definition) is 3. The number of carbonyl (C=O) groups is 1. The summed E-state index contributed by atoms with van der Waals surface area (Å²) in [6, 6.07) is 8.16. The highest BCUT2D eigenvalue weighted by atomic mass is 16.3. The molecule has 108 valence electrons. The first kappa shape index (κ1) is 13.6. The fraction of sp³-hybridized carbons (Fsp3) is 0.562. The fourth-order valence-electron chi connectivity index (χ4n) is 3.32. The summed E-state index contributed by atoms with van der Waals surface area (Å²) < 4.78 is 0. The van der Waals surface area contributed by atoms with E-state index in [0.717, 1.165) is 44.6 Å². The molecule has 0 spiro atoms. The number of benzene rings is 1. The molecule has 1 aromatic rings. The van der Waals surface area contributed by atoms with Crippen LogP contribution in [0, 0.1) is 5.92 Å². The Hall–Kier alpha value is -1.39. The van der Waals surface area contributed by atoms with Gasteiger partial charge in [0.25, 0.3) is 0 Å². The van der Waals surface area contributed by atoms with E-state index in [0.29, 0.717) is 12.5 Å². The van der Waals surface area contributed by atoms with Crippen LogP contribution in [0.25, 0.3) is 0 Å². The van der Waals surface area contributed by atoms with Crippen LogP contribution in [0.3, 0.4) is 0 Å². The first-order valence-electron chi connectivity index (χ1n) is 7.49. The van der Waals surface area contributed by atoms with E-state index in [-0.39, 0.29) is 12.5 Å². The van der Waals surface area contributed by atoms with E-state index in [4.69, 9.17) is 0 Å². The molecule has 4 heteroatoms. The molecule has 1 amide bonds. The van der Waals surface area contributed by atoms with Gasteiger partial charge in [0.1, 0.15) is 0 Å². The molecule has 4 nitrogen and oxygen atoms in total. The Morgan fingerprint density at radius 2 is 2.15 bits per heavy atom. The number of carbonyl (C=O) groups excluding carboxylic acids is 1. The summed E-state index contributed by atoms with van der Waals surface area (Å²) in [6.45, 7) is 3.33. The normalized spacial score (nSPS) is 22.9. The van der Waals surface area contributed by atoms with Gasteiger partial charge < -0.3 is 10.0 Å². The second kappa shape index (κ2) is 5.94. The van der Waals surface area contributed by atoms with Crippen molar-refractivity contribution in [3.63, 3.8) is 0 Å². The minimum atomic E-state index is 0.188. The zero-order valence-corrected chi connectivity index (χ0v) is 11.8. The predicted octanol–water partition coefficient (Wildman–Crippen LogP) is 1.28. The van der Waals surface area contributed by atoms with Crippen molar-refractivity contribution in [1.82, 2.24) is 4.90 Å². The SMILES string of the molecule is O=C(CN1CCCC(CO)C1)N1CCc2ccccc21. The highest BCUT2D eigenvalue weighted by Gasteiger charge is 2.27. The Morgan fingerprint density at radius 1 is 1.30 bits per heavy atom. The zero-order chi connectivity index (χ0) is 13.9. The van der Waals surface area contributed by atoms with Crippen molar-refractivity contribution in [2.75, 3.05) is 37.7 Å². The predicted molar refractivity (Wildman–Crippen MR) is 78.7 cm³/mol. The van der Waals surface area contributed by atoms with Crippen molar-refractivity contribution in [1.29, 1.82) is 0 Å². The highest BCUT2D eigenvalue weighted by Crippen LogP contribution is 2.27. The smallest absolute Gasteiger partial charge is 0.241 e. The van der Waals surface area contributed by atoms with Crippen LogP contribution in [0.15, 0.2) is 24.3 Å². The van der Waals surface area contributed by atoms with E-state index in [1.54, 1.807) is 0 Å². The topological polar surface area (TPSA) is 43.8 Å². The van der Waals surface area contributed by atoms with E-state index in [1.165, 1.54) is 5.56 Å². The van der Waals surface area contributed by atoms with Gasteiger partial charge in [0.15, 0.2) is 0 Å². The van der Waals surface area contributed by atoms with Gasteiger partial charge >= 0.3 is 0 Å². The zero-order valence-electron chi connectivity index (χ0n) is 11.8. The number of hydrogen-bond donors (Lipinski definition) is 1. The lowest BCUT2D eigenvalue weighted by atomic mass is 9.99. The Kier molecular flexibility index (Phi) is 4.03. The summed E-state index contributed by atoms with van der Waals surface area (Å²) in [5.74, 6) is 0.524. The maximum atomic E-state index is 12.5. The maximum absolute atomic E-state index is 12.5. The molecule has 1 unspecified atom stereocenters. The van der Waals surface area contributed by atoms with Crippen LogP contribution in [-0.2, 0) is 11.2 Å². The third-order valence-corrected chi connectivity index (χ3v) is 4.41. The van der Waals surface area contributed by atoms with E-state index in [1.807, 2.05) is 23.1 Å². The minimum Gasteiger partial charge on any atom is -0.396 e. The number of likely N-dealkylation sites (tertiary alicyclic amines) is 1. The second-order valence-corrected chi connectivity index (χ2v) is 5.85. The molecule has 1 atom stereocenters. The van der Waals surface area contributed by atoms with Gasteiger partial charge in [-0.15, -0.1) is 0 Å². The number of para-hydroxylation sites is 1. The lowest BCUT2D eigenvalue weighted by Crippen LogP contribution is -2.44. The molecule has 1 N–H and O–H groups in total. The molecule has 1 fully saturated rings. The monoisotopic (exact) mass is 274 g/mol. The molecule has 2 heterocycles. The van der Waals surface area contributed by atoms with Crippen molar-refractivity contribution < 1.29 is 9.90 Å². The molecular weight excluding hydrogens is 252 g/mol. The van der Waals surface area contributed by atoms with E-state index in [9.17, 15) is 9.90 Å². The van der Waals surface area contributed by atoms with E-state index < -0.39 is 0 Å². The minimum absolute atomic E-state index is 0.188. The quantitative estimate of drug-likeness (QED) is 0.903. The van der Waals surface area contributed by atoms with Crippen molar-refractivity contribution in [3.8, 4) is 0 Å². The van der Waals surface area contributed by atoms with Crippen LogP contribution in [0.4, 0.5) is 5.69 Å². The van der Waals surface area contributed by atoms with Gasteiger partial charge in [-0.2, -0.15) is 0 Å². The number of aliphatic hydroxyl groups excluding tert-OH is 1. The number of amides is 1. The summed E-state index contributed by atoms with van der Waals surface area (Å²) in [5.41, 5.74) is 2.35. The van der Waals surface area contributed by atoms with Gasteiger partial charge in [0.2, 0.25) is 5.91 Å². The Labute approximate surface area is 120 Å². The third-order valence-electron chi connectivity index (χ3n) is 4.41. The van der Waals surface area contributed by atoms with Crippen LogP contribution in [0.5, 0.6) is 0 Å². The molecule has 2 aliphatic rings. The molecule has 0 bridgehead atoms. The Balaban J connectivity index is 1.63. The number of rotatable bonds is 3. The van der Waals surface area contributed by atoms with Crippen LogP contribution in [-0.4, -0.2) is 48.7 Å². The molecule has 0 saturated carbocycles. The second-order valence-electron chi connectivity index (χ2n) is 5.85. The van der Waals surface area contributed by atoms with Crippen molar-refractivity contribution in [3.05, 3.63) is 29.8 Å². The Bertz CT molecular complexity index is 489. The summed E-state index contributed by atoms with van der Waals surface area (Å²) in [7, 11) is 0. The molecular formula is C16H22N2O2. The molecule has 20 heavy (non-hydrogen) atoms. The molecule has 0 aromatic heterocycles. The Morgan fingerprint density at radius 3 is 3.00 bits per heavy atom. The van der Waals surface area contributed by atoms with Gasteiger partial charge in [-0.3, -0.25) is 9.69 Å². The molecule has 3 rings (SSSR count). The average molecular weight is 274 g/mol. The number of aliphatic hydroxyl groups is 1. The van der Waals surface area contributed by atoms with Gasteiger partial charge in [0.05, 0.1) is 6.54 Å². The fourth-order valence-corrected chi connectivity index (χ4v) is 3.32. The van der Waals surface area contributed by atoms with Gasteiger partial charge in [-0.1, -0.05) is 18.2 Å². The van der Waals surface area contributed by atoms with Crippen molar-refractivity contribution >= 4 is 11.6 Å². The lowest BCUT2D eigenvalue weighted by Gasteiger charge is -2.32. The first-order chi connectivity index (χ1) is 9.78. The standard InChI is InChI=1S/C16H22N2O2/c19-12-13-4-3-8-17(10-13)11-16(20)18-9-7-14-5-1-2-6-15(14)18/h1-2,5-6,13,19H,3-4,7-12H2. The summed E-state index contributed by atoms with van der Waals surface area (Å²) in [6.07, 6.45) is 3.12. The van der Waals surface area contributed by atoms with E-state index >= 15 is 0 Å². The summed E-state index contributed by atoms with van der Waals surface area (Å²) >= 11 is 0. The van der Waals surface area contributed by atoms with Crippen molar-refractivity contribution in [2.24, 2.45) is 5.92 Å². The van der Waals surface area contributed by atoms with E-state index in [2.05, 4.69) is 11.0 Å². The molecule has 0 aliphatic carbocycles. The average Bonchev–Trinajstić information content (AvgIpc) is 2.91. The van der Waals surface area contributed by atoms with Crippen molar-refractivity contribution in [2.45, 2.75) is 19.3 Å². The number of anilines is 1. The number of piperidine rings is 1. The summed E-state index contributed by atoms with van der Waals surface area (Å²) in [5, 5.41) is 9.26. The molecule has 2 aliphatic heterocycles. The van der Waals surface area contributed by atoms with Gasteiger partial charge in [-0.25, -0.2) is 0 Å². The van der Waals surface area contributed by atoms with Gasteiger partial charge in [-0.05, 0) is 43.4 Å². The first-order valence-corrected chi connectivity index (χ1v) is 7.49.